The van der Waals surface area contributed by atoms with Crippen LogP contribution in [-0.4, -0.2) is 37.6 Å². The van der Waals surface area contributed by atoms with E-state index in [4.69, 9.17) is 8.83 Å². The number of nitrogens with zero attached hydrogens (tertiary/aromatic N) is 1. The van der Waals surface area contributed by atoms with E-state index in [9.17, 15) is 13.2 Å². The summed E-state index contributed by atoms with van der Waals surface area (Å²) < 4.78 is 35.4. The number of sulfone groups is 1. The lowest BCUT2D eigenvalue weighted by Gasteiger charge is -2.16. The van der Waals surface area contributed by atoms with Crippen molar-refractivity contribution >= 4 is 15.7 Å². The first kappa shape index (κ1) is 15.9. The van der Waals surface area contributed by atoms with Gasteiger partial charge in [0.25, 0.3) is 5.91 Å². The van der Waals surface area contributed by atoms with E-state index >= 15 is 0 Å². The molecule has 0 radical (unpaired) electrons. The minimum absolute atomic E-state index is 0.128. The highest BCUT2D eigenvalue weighted by Gasteiger charge is 2.36. The predicted octanol–water partition coefficient (Wildman–Crippen LogP) is 2.32. The van der Waals surface area contributed by atoms with Crippen molar-refractivity contribution in [3.63, 3.8) is 0 Å². The van der Waals surface area contributed by atoms with Gasteiger partial charge in [-0.05, 0) is 38.5 Å². The molecule has 0 aromatic carbocycles. The zero-order chi connectivity index (χ0) is 16.6. The average molecular weight is 337 g/mol. The second-order valence-electron chi connectivity index (χ2n) is 5.88. The van der Waals surface area contributed by atoms with Crippen LogP contribution in [0.3, 0.4) is 0 Å². The van der Waals surface area contributed by atoms with Gasteiger partial charge in [0.1, 0.15) is 23.0 Å². The molecule has 0 unspecified atom stereocenters. The summed E-state index contributed by atoms with van der Waals surface area (Å²) in [5.41, 5.74) is 0.506. The van der Waals surface area contributed by atoms with Crippen molar-refractivity contribution in [3.8, 4) is 0 Å². The van der Waals surface area contributed by atoms with Crippen LogP contribution in [0.15, 0.2) is 33.3 Å². The largest absolute Gasteiger partial charge is 0.468 e. The molecule has 0 N–H and O–H groups in total. The Morgan fingerprint density at radius 2 is 2.17 bits per heavy atom. The molecule has 23 heavy (non-hydrogen) atoms. The highest BCUT2D eigenvalue weighted by Crippen LogP contribution is 2.24. The van der Waals surface area contributed by atoms with E-state index in [0.29, 0.717) is 35.8 Å². The lowest BCUT2D eigenvalue weighted by molar-refractivity contribution is 0.0791. The third-order valence-electron chi connectivity index (χ3n) is 4.14. The summed E-state index contributed by atoms with van der Waals surface area (Å²) in [7, 11) is -3.35. The van der Waals surface area contributed by atoms with Gasteiger partial charge in [-0.1, -0.05) is 0 Å². The lowest BCUT2D eigenvalue weighted by Crippen LogP contribution is -2.32. The van der Waals surface area contributed by atoms with Crippen LogP contribution in [0.2, 0.25) is 0 Å². The Hall–Kier alpha value is -2.02. The van der Waals surface area contributed by atoms with Crippen LogP contribution < -0.4 is 0 Å². The second-order valence-corrected chi connectivity index (χ2v) is 8.16. The molecule has 0 saturated carbocycles. The molecule has 124 valence electrons. The number of carbonyl (C=O) groups excluding carboxylic acids is 1. The molecule has 0 aliphatic carbocycles. The van der Waals surface area contributed by atoms with Gasteiger partial charge in [0.05, 0.1) is 17.1 Å². The van der Waals surface area contributed by atoms with Gasteiger partial charge in [-0.2, -0.15) is 0 Å². The SMILES string of the molecule is Cc1cc(C(=O)N2CC[C@H](S(=O)(=O)Cc3ccco3)C2)c(C)o1. The Bertz CT molecular complexity index is 804. The first-order valence-electron chi connectivity index (χ1n) is 7.47. The molecule has 0 spiro atoms. The van der Waals surface area contributed by atoms with Crippen LogP contribution >= 0.6 is 0 Å². The molecule has 7 heteroatoms. The molecular weight excluding hydrogens is 318 g/mol. The third kappa shape index (κ3) is 3.19. The molecule has 6 nitrogen and oxygen atoms in total. The lowest BCUT2D eigenvalue weighted by atomic mass is 10.2. The van der Waals surface area contributed by atoms with Crippen LogP contribution in [0, 0.1) is 13.8 Å². The summed E-state index contributed by atoms with van der Waals surface area (Å²) in [6, 6.07) is 5.01. The van der Waals surface area contributed by atoms with E-state index in [1.165, 1.54) is 6.26 Å². The molecule has 1 aliphatic heterocycles. The zero-order valence-corrected chi connectivity index (χ0v) is 13.9. The van der Waals surface area contributed by atoms with Crippen molar-refractivity contribution in [1.82, 2.24) is 4.90 Å². The Labute approximate surface area is 135 Å². The van der Waals surface area contributed by atoms with Gasteiger partial charge in [0.15, 0.2) is 9.84 Å². The van der Waals surface area contributed by atoms with Crippen molar-refractivity contribution in [1.29, 1.82) is 0 Å². The van der Waals surface area contributed by atoms with Crippen LogP contribution in [0.4, 0.5) is 0 Å². The van der Waals surface area contributed by atoms with Crippen molar-refractivity contribution in [2.75, 3.05) is 13.1 Å². The predicted molar refractivity (Wildman–Crippen MR) is 83.8 cm³/mol. The minimum Gasteiger partial charge on any atom is -0.468 e. The zero-order valence-electron chi connectivity index (χ0n) is 13.1. The molecule has 1 aliphatic rings. The first-order valence-corrected chi connectivity index (χ1v) is 9.18. The maximum Gasteiger partial charge on any atom is 0.257 e. The van der Waals surface area contributed by atoms with E-state index in [-0.39, 0.29) is 18.2 Å². The molecule has 3 heterocycles. The van der Waals surface area contributed by atoms with Gasteiger partial charge in [0, 0.05) is 13.1 Å². The number of likely N-dealkylation sites (tertiary alicyclic amines) is 1. The molecular formula is C16H19NO5S. The maximum absolute atomic E-state index is 12.5. The van der Waals surface area contributed by atoms with Crippen LogP contribution in [0.25, 0.3) is 0 Å². The van der Waals surface area contributed by atoms with Crippen molar-refractivity contribution in [3.05, 3.63) is 47.3 Å². The number of hydrogen-bond acceptors (Lipinski definition) is 5. The smallest absolute Gasteiger partial charge is 0.257 e. The summed E-state index contributed by atoms with van der Waals surface area (Å²) in [6.45, 7) is 4.17. The van der Waals surface area contributed by atoms with Gasteiger partial charge >= 0.3 is 0 Å². The molecule has 2 aromatic rings. The molecule has 1 atom stereocenters. The van der Waals surface area contributed by atoms with Gasteiger partial charge in [-0.25, -0.2) is 8.42 Å². The van der Waals surface area contributed by atoms with Crippen molar-refractivity contribution in [2.24, 2.45) is 0 Å². The Morgan fingerprint density at radius 3 is 2.78 bits per heavy atom. The fourth-order valence-electron chi connectivity index (χ4n) is 2.93. The van der Waals surface area contributed by atoms with E-state index in [0.717, 1.165) is 0 Å². The Kier molecular flexibility index (Phi) is 4.06. The normalized spacial score (nSPS) is 18.5. The van der Waals surface area contributed by atoms with Crippen molar-refractivity contribution in [2.45, 2.75) is 31.3 Å². The molecule has 1 fully saturated rings. The summed E-state index contributed by atoms with van der Waals surface area (Å²) >= 11 is 0. The third-order valence-corrected chi connectivity index (χ3v) is 6.22. The minimum atomic E-state index is -3.35. The molecule has 0 bridgehead atoms. The maximum atomic E-state index is 12.5. The fraction of sp³-hybridized carbons (Fsp3) is 0.438. The quantitative estimate of drug-likeness (QED) is 0.855. The highest BCUT2D eigenvalue weighted by molar-refractivity contribution is 7.91. The second kappa shape index (κ2) is 5.88. The first-order chi connectivity index (χ1) is 10.9. The summed E-state index contributed by atoms with van der Waals surface area (Å²) in [5, 5.41) is -0.551. The number of hydrogen-bond donors (Lipinski definition) is 0. The van der Waals surface area contributed by atoms with Crippen molar-refractivity contribution < 1.29 is 22.0 Å². The number of carbonyl (C=O) groups is 1. The number of furan rings is 2. The fourth-order valence-corrected chi connectivity index (χ4v) is 4.60. The van der Waals surface area contributed by atoms with E-state index < -0.39 is 15.1 Å². The van der Waals surface area contributed by atoms with E-state index in [1.807, 2.05) is 0 Å². The summed E-state index contributed by atoms with van der Waals surface area (Å²) in [4.78, 5) is 14.1. The monoisotopic (exact) mass is 337 g/mol. The molecule has 1 saturated heterocycles. The van der Waals surface area contributed by atoms with Crippen LogP contribution in [0.1, 0.15) is 34.1 Å². The van der Waals surface area contributed by atoms with Gasteiger partial charge in [-0.3, -0.25) is 4.79 Å². The standard InChI is InChI=1S/C16H19NO5S/c1-11-8-15(12(2)22-11)16(18)17-6-5-14(9-17)23(19,20)10-13-4-3-7-21-13/h3-4,7-8,14H,5-6,9-10H2,1-2H3/t14-/m0/s1. The van der Waals surface area contributed by atoms with Gasteiger partial charge in [0.2, 0.25) is 0 Å². The summed E-state index contributed by atoms with van der Waals surface area (Å²) in [5.74, 6) is 1.36. The van der Waals surface area contributed by atoms with E-state index in [2.05, 4.69) is 0 Å². The molecule has 1 amide bonds. The Balaban J connectivity index is 1.70. The summed E-state index contributed by atoms with van der Waals surface area (Å²) in [6.07, 6.45) is 1.91. The molecule has 3 rings (SSSR count). The Morgan fingerprint density at radius 1 is 1.39 bits per heavy atom. The van der Waals surface area contributed by atoms with Crippen LogP contribution in [0.5, 0.6) is 0 Å². The number of rotatable bonds is 4. The van der Waals surface area contributed by atoms with Gasteiger partial charge in [-0.15, -0.1) is 0 Å². The number of amides is 1. The van der Waals surface area contributed by atoms with E-state index in [1.54, 1.807) is 36.9 Å². The average Bonchev–Trinajstić information content (AvgIpc) is 3.18. The highest BCUT2D eigenvalue weighted by atomic mass is 32.2. The van der Waals surface area contributed by atoms with Crippen LogP contribution in [-0.2, 0) is 15.6 Å². The topological polar surface area (TPSA) is 80.7 Å². The van der Waals surface area contributed by atoms with Gasteiger partial charge < -0.3 is 13.7 Å². The number of aryl methyl sites for hydroxylation is 2. The molecule has 2 aromatic heterocycles.